The molecule has 7 heteroatoms. The number of amidine groups is 2. The lowest BCUT2D eigenvalue weighted by atomic mass is 9.91. The van der Waals surface area contributed by atoms with Crippen molar-refractivity contribution in [2.75, 3.05) is 9.80 Å². The van der Waals surface area contributed by atoms with E-state index in [0.717, 1.165) is 55.4 Å². The Labute approximate surface area is 266 Å². The summed E-state index contributed by atoms with van der Waals surface area (Å²) in [5.74, 6) is 1.52. The molecule has 5 aromatic rings. The molecule has 1 aliphatic heterocycles. The van der Waals surface area contributed by atoms with E-state index in [1.807, 2.05) is 45.1 Å². The number of rotatable bonds is 7. The molecule has 6 rings (SSSR count). The first-order valence-electron chi connectivity index (χ1n) is 16.0. The van der Waals surface area contributed by atoms with Crippen LogP contribution in [0.4, 0.5) is 11.4 Å². The molecule has 0 radical (unpaired) electrons. The first-order valence-corrected chi connectivity index (χ1v) is 16.0. The number of fused-ring (bicyclic) bond motifs is 3. The second-order valence-electron chi connectivity index (χ2n) is 13.2. The van der Waals surface area contributed by atoms with E-state index in [-0.39, 0.29) is 35.3 Å². The number of guanidine groups is 1. The van der Waals surface area contributed by atoms with Crippen LogP contribution in [-0.4, -0.2) is 27.3 Å². The number of nitrogens with one attached hydrogen (secondary N) is 2. The normalized spacial score (nSPS) is 14.1. The maximum Gasteiger partial charge on any atom is 0.240 e. The van der Waals surface area contributed by atoms with Crippen molar-refractivity contribution < 1.29 is 0 Å². The Morgan fingerprint density at radius 2 is 1.00 bits per heavy atom. The van der Waals surface area contributed by atoms with E-state index in [2.05, 4.69) is 109 Å². The van der Waals surface area contributed by atoms with Crippen molar-refractivity contribution in [1.82, 2.24) is 9.66 Å². The monoisotopic (exact) mass is 597 g/mol. The van der Waals surface area contributed by atoms with Gasteiger partial charge in [-0.1, -0.05) is 110 Å². The zero-order valence-electron chi connectivity index (χ0n) is 27.6. The van der Waals surface area contributed by atoms with E-state index in [0.29, 0.717) is 5.96 Å². The van der Waals surface area contributed by atoms with Gasteiger partial charge in [0.15, 0.2) is 11.7 Å². The molecule has 7 nitrogen and oxygen atoms in total. The van der Waals surface area contributed by atoms with Crippen LogP contribution in [0, 0.1) is 10.8 Å². The Hall–Kier alpha value is -4.78. The predicted octanol–water partition coefficient (Wildman–Crippen LogP) is 9.78. The van der Waals surface area contributed by atoms with E-state index < -0.39 is 0 Å². The maximum atomic E-state index is 9.60. The quantitative estimate of drug-likeness (QED) is 0.196. The summed E-state index contributed by atoms with van der Waals surface area (Å²) in [4.78, 5) is 8.32. The van der Waals surface area contributed by atoms with Crippen molar-refractivity contribution in [2.45, 2.75) is 79.1 Å². The summed E-state index contributed by atoms with van der Waals surface area (Å²) >= 11 is 0. The number of aromatic nitrogens is 2. The first-order chi connectivity index (χ1) is 21.5. The minimum atomic E-state index is 0.107. The average molecular weight is 598 g/mol. The predicted molar refractivity (Wildman–Crippen MR) is 190 cm³/mol. The second kappa shape index (κ2) is 11.6. The SMILES string of the molecule is CC(C)c1cccc(C(C)C)c1N1C(=N)C(=N)N(c2c(C(C)C)cccc2C(C)C)C1=Nn1c2ccccc2c2ccncc21. The molecule has 230 valence electrons. The van der Waals surface area contributed by atoms with Crippen LogP contribution in [0.25, 0.3) is 21.8 Å². The Bertz CT molecular complexity index is 1790. The van der Waals surface area contributed by atoms with Gasteiger partial charge in [-0.25, -0.2) is 4.68 Å². The number of hydrogen-bond acceptors (Lipinski definition) is 4. The fourth-order valence-electron chi connectivity index (χ4n) is 6.56. The molecule has 45 heavy (non-hydrogen) atoms. The summed E-state index contributed by atoms with van der Waals surface area (Å²) in [5.41, 5.74) is 8.18. The van der Waals surface area contributed by atoms with Gasteiger partial charge in [-0.05, 0) is 58.1 Å². The Morgan fingerprint density at radius 1 is 0.556 bits per heavy atom. The third-order valence-corrected chi connectivity index (χ3v) is 8.84. The van der Waals surface area contributed by atoms with E-state index in [1.165, 1.54) is 0 Å². The van der Waals surface area contributed by atoms with Crippen LogP contribution in [0.1, 0.15) is 101 Å². The highest BCUT2D eigenvalue weighted by atomic mass is 15.5. The first kappa shape index (κ1) is 30.3. The number of hydrogen-bond donors (Lipinski definition) is 2. The molecule has 1 fully saturated rings. The highest BCUT2D eigenvalue weighted by Gasteiger charge is 2.43. The lowest BCUT2D eigenvalue weighted by Gasteiger charge is -2.30. The Kier molecular flexibility index (Phi) is 7.81. The number of pyridine rings is 1. The molecule has 3 aromatic carbocycles. The summed E-state index contributed by atoms with van der Waals surface area (Å²) in [5, 5.41) is 26.8. The van der Waals surface area contributed by atoms with Crippen LogP contribution in [-0.2, 0) is 0 Å². The molecule has 0 amide bonds. The van der Waals surface area contributed by atoms with Gasteiger partial charge in [0, 0.05) is 17.0 Å². The van der Waals surface area contributed by atoms with Crippen LogP contribution in [0.5, 0.6) is 0 Å². The molecule has 0 bridgehead atoms. The van der Waals surface area contributed by atoms with E-state index in [1.54, 1.807) is 0 Å². The fraction of sp³-hybridized carbons (Fsp3) is 0.316. The molecular formula is C38H43N7. The van der Waals surface area contributed by atoms with Crippen molar-refractivity contribution in [2.24, 2.45) is 5.10 Å². The summed E-state index contributed by atoms with van der Waals surface area (Å²) < 4.78 is 1.94. The van der Waals surface area contributed by atoms with Crippen molar-refractivity contribution >= 4 is 50.8 Å². The second-order valence-corrected chi connectivity index (χ2v) is 13.2. The Balaban J connectivity index is 1.77. The highest BCUT2D eigenvalue weighted by molar-refractivity contribution is 6.63. The van der Waals surface area contributed by atoms with E-state index in [9.17, 15) is 10.8 Å². The van der Waals surface area contributed by atoms with Gasteiger partial charge in [-0.3, -0.25) is 25.6 Å². The minimum Gasteiger partial charge on any atom is -0.281 e. The smallest absolute Gasteiger partial charge is 0.240 e. The van der Waals surface area contributed by atoms with E-state index in [4.69, 9.17) is 5.10 Å². The Morgan fingerprint density at radius 3 is 1.47 bits per heavy atom. The number of anilines is 2. The molecule has 1 saturated heterocycles. The third-order valence-electron chi connectivity index (χ3n) is 8.84. The number of para-hydroxylation sites is 3. The molecule has 2 aromatic heterocycles. The number of nitrogens with zero attached hydrogens (tertiary/aromatic N) is 5. The maximum absolute atomic E-state index is 9.60. The van der Waals surface area contributed by atoms with Gasteiger partial charge >= 0.3 is 0 Å². The molecule has 0 saturated carbocycles. The minimum absolute atomic E-state index is 0.107. The fourth-order valence-corrected chi connectivity index (χ4v) is 6.56. The summed E-state index contributed by atoms with van der Waals surface area (Å²) in [6, 6.07) is 23.1. The van der Waals surface area contributed by atoms with Crippen molar-refractivity contribution in [3.63, 3.8) is 0 Å². The third kappa shape index (κ3) is 4.91. The lowest BCUT2D eigenvalue weighted by molar-refractivity contribution is 0.829. The lowest BCUT2D eigenvalue weighted by Crippen LogP contribution is -2.38. The molecule has 0 unspecified atom stereocenters. The molecule has 1 aliphatic rings. The molecule has 2 N–H and O–H groups in total. The molecule has 0 spiro atoms. The van der Waals surface area contributed by atoms with Gasteiger partial charge in [0.2, 0.25) is 5.96 Å². The van der Waals surface area contributed by atoms with Gasteiger partial charge in [0.1, 0.15) is 0 Å². The van der Waals surface area contributed by atoms with Gasteiger partial charge in [0.05, 0.1) is 28.6 Å². The van der Waals surface area contributed by atoms with E-state index >= 15 is 0 Å². The van der Waals surface area contributed by atoms with Gasteiger partial charge < -0.3 is 0 Å². The standard InChI is InChI=1S/C38H43N7/c1-22(2)26-14-11-15-27(23(3)4)34(26)43-36(39)37(40)44(35-28(24(5)6)16-12-17-29(35)25(7)8)38(43)42-45-32-18-10-9-13-30(32)31-19-20-41-21-33(31)45/h9-25,39-40H,1-8H3. The van der Waals surface area contributed by atoms with Crippen LogP contribution < -0.4 is 9.80 Å². The van der Waals surface area contributed by atoms with Gasteiger partial charge in [0.25, 0.3) is 0 Å². The van der Waals surface area contributed by atoms with Crippen LogP contribution in [0.15, 0.2) is 84.2 Å². The van der Waals surface area contributed by atoms with Crippen LogP contribution in [0.3, 0.4) is 0 Å². The van der Waals surface area contributed by atoms with Crippen molar-refractivity contribution in [1.29, 1.82) is 10.8 Å². The van der Waals surface area contributed by atoms with Crippen molar-refractivity contribution in [3.05, 3.63) is 101 Å². The van der Waals surface area contributed by atoms with Gasteiger partial charge in [-0.2, -0.15) is 0 Å². The van der Waals surface area contributed by atoms with Crippen LogP contribution in [0.2, 0.25) is 0 Å². The number of benzene rings is 3. The largest absolute Gasteiger partial charge is 0.281 e. The topological polar surface area (TPSA) is 84.4 Å². The zero-order valence-corrected chi connectivity index (χ0v) is 27.6. The molecule has 3 heterocycles. The summed E-state index contributed by atoms with van der Waals surface area (Å²) in [7, 11) is 0. The molecule has 0 atom stereocenters. The van der Waals surface area contributed by atoms with Crippen molar-refractivity contribution in [3.8, 4) is 0 Å². The summed E-state index contributed by atoms with van der Waals surface area (Å²) in [6.07, 6.45) is 3.66. The van der Waals surface area contributed by atoms with Gasteiger partial charge in [-0.15, -0.1) is 5.10 Å². The highest BCUT2D eigenvalue weighted by Crippen LogP contribution is 2.43. The van der Waals surface area contributed by atoms with Crippen LogP contribution >= 0.6 is 0 Å². The molecular weight excluding hydrogens is 554 g/mol. The summed E-state index contributed by atoms with van der Waals surface area (Å²) in [6.45, 7) is 17.5. The molecule has 0 aliphatic carbocycles. The zero-order chi connectivity index (χ0) is 32.2. The average Bonchev–Trinajstić information content (AvgIpc) is 3.46.